The van der Waals surface area contributed by atoms with E-state index in [0.29, 0.717) is 0 Å². The monoisotopic (exact) mass is 565 g/mol. The molecule has 0 aromatic heterocycles. The van der Waals surface area contributed by atoms with E-state index in [1.807, 2.05) is 11.8 Å². The van der Waals surface area contributed by atoms with Crippen LogP contribution in [0.4, 0.5) is 0 Å². The molecule has 2 N–H and O–H groups in total. The SMILES string of the molecule is CCCCCCCCCCSCCN.CCCCCCCCCC[N+](C)(C)CCCCCCC(C)C.[Cl-]. The van der Waals surface area contributed by atoms with E-state index in [9.17, 15) is 0 Å². The highest BCUT2D eigenvalue weighted by molar-refractivity contribution is 7.99. The van der Waals surface area contributed by atoms with Gasteiger partial charge in [0.1, 0.15) is 0 Å². The van der Waals surface area contributed by atoms with Gasteiger partial charge in [-0.2, -0.15) is 11.8 Å². The highest BCUT2D eigenvalue weighted by Gasteiger charge is 2.13. The summed E-state index contributed by atoms with van der Waals surface area (Å²) in [5, 5.41) is 0. The molecule has 0 unspecified atom stereocenters. The van der Waals surface area contributed by atoms with E-state index in [1.165, 1.54) is 158 Å². The maximum Gasteiger partial charge on any atom is 0.0782 e. The number of hydrogen-bond acceptors (Lipinski definition) is 2. The lowest BCUT2D eigenvalue weighted by molar-refractivity contribution is -0.890. The van der Waals surface area contributed by atoms with Crippen molar-refractivity contribution in [3.05, 3.63) is 0 Å². The summed E-state index contributed by atoms with van der Waals surface area (Å²) >= 11 is 2.00. The highest BCUT2D eigenvalue weighted by atomic mass is 35.5. The largest absolute Gasteiger partial charge is 1.00 e. The molecule has 0 bridgehead atoms. The van der Waals surface area contributed by atoms with Gasteiger partial charge in [-0.05, 0) is 43.8 Å². The molecular weight excluding hydrogens is 492 g/mol. The van der Waals surface area contributed by atoms with Crippen LogP contribution in [0.5, 0.6) is 0 Å². The molecule has 0 amide bonds. The summed E-state index contributed by atoms with van der Waals surface area (Å²) in [5.74, 6) is 3.33. The first kappa shape index (κ1) is 42.0. The van der Waals surface area contributed by atoms with Gasteiger partial charge in [0.2, 0.25) is 0 Å². The van der Waals surface area contributed by atoms with E-state index < -0.39 is 0 Å². The van der Waals surface area contributed by atoms with Crippen molar-refractivity contribution >= 4 is 11.8 Å². The third-order valence-electron chi connectivity index (χ3n) is 7.32. The van der Waals surface area contributed by atoms with Crippen molar-refractivity contribution in [3.8, 4) is 0 Å². The summed E-state index contributed by atoms with van der Waals surface area (Å²) in [7, 11) is 4.85. The summed E-state index contributed by atoms with van der Waals surface area (Å²) in [6.07, 6.45) is 30.0. The van der Waals surface area contributed by atoms with Gasteiger partial charge in [-0.3, -0.25) is 0 Å². The number of halogens is 1. The van der Waals surface area contributed by atoms with Crippen molar-refractivity contribution in [1.82, 2.24) is 0 Å². The standard InChI is InChI=1S/C21H46N.C12H27NS.ClH/c1-6-7-8-9-10-11-13-16-19-22(4,5)20-17-14-12-15-18-21(2)3;1-2-3-4-5-6-7-8-9-11-14-12-10-13;/h21H,6-20H2,1-5H3;2-13H2,1H3;1H/q+1;;/p-1. The number of nitrogens with two attached hydrogens (primary N) is 1. The molecule has 0 saturated heterocycles. The van der Waals surface area contributed by atoms with Crippen molar-refractivity contribution in [2.75, 3.05) is 45.2 Å². The molecule has 0 aliphatic heterocycles. The number of rotatable bonds is 27. The summed E-state index contributed by atoms with van der Waals surface area (Å²) in [6, 6.07) is 0. The molecule has 0 heterocycles. The number of hydrogen-bond donors (Lipinski definition) is 1. The highest BCUT2D eigenvalue weighted by Crippen LogP contribution is 2.14. The Morgan fingerprint density at radius 1 is 0.541 bits per heavy atom. The molecule has 0 atom stereocenters. The molecule has 2 nitrogen and oxygen atoms in total. The number of unbranched alkanes of at least 4 members (excludes halogenated alkanes) is 17. The van der Waals surface area contributed by atoms with Crippen molar-refractivity contribution in [2.45, 2.75) is 163 Å². The Morgan fingerprint density at radius 2 is 0.919 bits per heavy atom. The Balaban J connectivity index is -0.000000668. The summed E-state index contributed by atoms with van der Waals surface area (Å²) in [4.78, 5) is 0. The van der Waals surface area contributed by atoms with Crippen LogP contribution in [-0.4, -0.2) is 49.7 Å². The number of quaternary nitrogens is 1. The Hall–Kier alpha value is 0.560. The molecule has 0 saturated carbocycles. The minimum absolute atomic E-state index is 0. The molecule has 37 heavy (non-hydrogen) atoms. The van der Waals surface area contributed by atoms with E-state index in [1.54, 1.807) is 0 Å². The van der Waals surface area contributed by atoms with Gasteiger partial charge >= 0.3 is 0 Å². The normalized spacial score (nSPS) is 11.4. The molecule has 0 aliphatic rings. The molecule has 0 radical (unpaired) electrons. The smallest absolute Gasteiger partial charge is 0.0782 e. The predicted octanol–water partition coefficient (Wildman–Crippen LogP) is 7.63. The average molecular weight is 565 g/mol. The second kappa shape index (κ2) is 34.6. The minimum atomic E-state index is 0. The van der Waals surface area contributed by atoms with Crippen molar-refractivity contribution in [2.24, 2.45) is 11.7 Å². The Morgan fingerprint density at radius 3 is 1.32 bits per heavy atom. The third-order valence-corrected chi connectivity index (χ3v) is 8.42. The van der Waals surface area contributed by atoms with Crippen LogP contribution in [0.3, 0.4) is 0 Å². The molecule has 0 aromatic rings. The van der Waals surface area contributed by atoms with Crippen LogP contribution in [0.2, 0.25) is 0 Å². The Labute approximate surface area is 247 Å². The van der Waals surface area contributed by atoms with Crippen LogP contribution in [0.1, 0.15) is 163 Å². The molecule has 0 spiro atoms. The maximum atomic E-state index is 5.42. The van der Waals surface area contributed by atoms with E-state index in [-0.39, 0.29) is 12.4 Å². The van der Waals surface area contributed by atoms with Gasteiger partial charge < -0.3 is 22.6 Å². The van der Waals surface area contributed by atoms with Gasteiger partial charge in [0.25, 0.3) is 0 Å². The van der Waals surface area contributed by atoms with Crippen LogP contribution < -0.4 is 18.1 Å². The zero-order chi connectivity index (χ0) is 27.2. The van der Waals surface area contributed by atoms with Gasteiger partial charge in [-0.1, -0.05) is 130 Å². The van der Waals surface area contributed by atoms with Crippen LogP contribution in [0.25, 0.3) is 0 Å². The maximum absolute atomic E-state index is 5.42. The fourth-order valence-electron chi connectivity index (χ4n) is 4.75. The van der Waals surface area contributed by atoms with Gasteiger partial charge in [0, 0.05) is 12.3 Å². The van der Waals surface area contributed by atoms with E-state index >= 15 is 0 Å². The lowest BCUT2D eigenvalue weighted by Crippen LogP contribution is -3.00. The fourth-order valence-corrected chi connectivity index (χ4v) is 5.53. The lowest BCUT2D eigenvalue weighted by atomic mass is 10.0. The van der Waals surface area contributed by atoms with Crippen LogP contribution in [-0.2, 0) is 0 Å². The molecule has 0 aliphatic carbocycles. The molecular formula is C33H73ClN2S. The molecule has 228 valence electrons. The quantitative estimate of drug-likeness (QED) is 0.0819. The van der Waals surface area contributed by atoms with Gasteiger partial charge in [-0.15, -0.1) is 0 Å². The summed E-state index contributed by atoms with van der Waals surface area (Å²) < 4.78 is 1.24. The molecule has 0 aromatic carbocycles. The number of nitrogens with zero attached hydrogens (tertiary/aromatic N) is 1. The van der Waals surface area contributed by atoms with E-state index in [2.05, 4.69) is 41.8 Å². The van der Waals surface area contributed by atoms with Crippen LogP contribution >= 0.6 is 11.8 Å². The predicted molar refractivity (Wildman–Crippen MR) is 171 cm³/mol. The summed E-state index contributed by atoms with van der Waals surface area (Å²) in [5.41, 5.74) is 5.42. The first-order valence-electron chi connectivity index (χ1n) is 16.5. The Kier molecular flexibility index (Phi) is 39.3. The number of thioether (sulfide) groups is 1. The van der Waals surface area contributed by atoms with Crippen molar-refractivity contribution < 1.29 is 16.9 Å². The van der Waals surface area contributed by atoms with Crippen LogP contribution in [0, 0.1) is 5.92 Å². The second-order valence-electron chi connectivity index (χ2n) is 12.3. The van der Waals surface area contributed by atoms with E-state index in [4.69, 9.17) is 5.73 Å². The van der Waals surface area contributed by atoms with Gasteiger partial charge in [0.05, 0.1) is 27.2 Å². The van der Waals surface area contributed by atoms with Crippen LogP contribution in [0.15, 0.2) is 0 Å². The van der Waals surface area contributed by atoms with E-state index in [0.717, 1.165) is 18.2 Å². The average Bonchev–Trinajstić information content (AvgIpc) is 2.84. The van der Waals surface area contributed by atoms with Crippen molar-refractivity contribution in [1.29, 1.82) is 0 Å². The third kappa shape index (κ3) is 41.2. The van der Waals surface area contributed by atoms with Gasteiger partial charge in [0.15, 0.2) is 0 Å². The zero-order valence-electron chi connectivity index (χ0n) is 26.8. The molecule has 0 fully saturated rings. The fraction of sp³-hybridized carbons (Fsp3) is 1.00. The molecule has 0 rings (SSSR count). The Bertz CT molecular complexity index is 379. The first-order chi connectivity index (χ1) is 17.4. The zero-order valence-corrected chi connectivity index (χ0v) is 28.3. The van der Waals surface area contributed by atoms with Gasteiger partial charge in [-0.25, -0.2) is 0 Å². The summed E-state index contributed by atoms with van der Waals surface area (Å²) in [6.45, 7) is 12.8. The minimum Gasteiger partial charge on any atom is -1.00 e. The lowest BCUT2D eigenvalue weighted by Gasteiger charge is -2.30. The molecule has 4 heteroatoms. The first-order valence-corrected chi connectivity index (χ1v) is 17.6. The van der Waals surface area contributed by atoms with Crippen molar-refractivity contribution in [3.63, 3.8) is 0 Å². The topological polar surface area (TPSA) is 26.0 Å². The second-order valence-corrected chi connectivity index (χ2v) is 13.6.